The van der Waals surface area contributed by atoms with E-state index in [2.05, 4.69) is 58.5 Å². The molecule has 0 aromatic carbocycles. The summed E-state index contributed by atoms with van der Waals surface area (Å²) in [5, 5.41) is 16.0. The van der Waals surface area contributed by atoms with Gasteiger partial charge >= 0.3 is 5.97 Å². The number of fused-ring (bicyclic) bond motifs is 1. The van der Waals surface area contributed by atoms with E-state index in [0.29, 0.717) is 36.3 Å². The molecule has 4 heterocycles. The summed E-state index contributed by atoms with van der Waals surface area (Å²) < 4.78 is 19.8. The second kappa shape index (κ2) is 14.7. The van der Waals surface area contributed by atoms with Crippen LogP contribution in [0.2, 0.25) is 0 Å². The van der Waals surface area contributed by atoms with Crippen molar-refractivity contribution in [2.75, 3.05) is 43.4 Å². The Morgan fingerprint density at radius 1 is 1.18 bits per heavy atom. The number of rotatable bonds is 15. The molecule has 208 valence electrons. The number of carboxylic acids is 1. The second-order valence-corrected chi connectivity index (χ2v) is 10.3. The van der Waals surface area contributed by atoms with Gasteiger partial charge < -0.3 is 20.5 Å². The van der Waals surface area contributed by atoms with Crippen LogP contribution in [0.15, 0.2) is 47.5 Å². The number of aliphatic carboxylic acids is 1. The second-order valence-electron chi connectivity index (χ2n) is 9.38. The van der Waals surface area contributed by atoms with E-state index in [0.717, 1.165) is 62.9 Å². The lowest BCUT2D eigenvalue weighted by Crippen LogP contribution is -2.37. The summed E-state index contributed by atoms with van der Waals surface area (Å²) in [5.74, 6) is 0.188. The monoisotopic (exact) mass is 601 g/mol. The lowest BCUT2D eigenvalue weighted by Gasteiger charge is -2.24. The highest BCUT2D eigenvalue weighted by atomic mass is 79.9. The summed E-state index contributed by atoms with van der Waals surface area (Å²) >= 11 is 3.28. The zero-order chi connectivity index (χ0) is 27.5. The number of aromatic nitrogens is 4. The van der Waals surface area contributed by atoms with Crippen LogP contribution in [0.25, 0.3) is 0 Å². The maximum Gasteiger partial charge on any atom is 0.326 e. The van der Waals surface area contributed by atoms with Crippen LogP contribution >= 0.6 is 15.9 Å². The van der Waals surface area contributed by atoms with Gasteiger partial charge in [-0.3, -0.25) is 9.88 Å². The SMILES string of the molecule is O=C(O)C(CCN(CCCCc1ccc2c(n1)NCCC2)CCOc1cncc(F)c1)Nc1ncc(Br)cn1. The minimum absolute atomic E-state index is 0.256. The van der Waals surface area contributed by atoms with Crippen LogP contribution in [0, 0.1) is 5.82 Å². The molecule has 12 heteroatoms. The number of nitrogens with one attached hydrogen (secondary N) is 2. The summed E-state index contributed by atoms with van der Waals surface area (Å²) in [4.78, 5) is 30.9. The number of hydrogen-bond acceptors (Lipinski definition) is 9. The predicted molar refractivity (Wildman–Crippen MR) is 150 cm³/mol. The smallest absolute Gasteiger partial charge is 0.326 e. The van der Waals surface area contributed by atoms with Crippen LogP contribution in [0.4, 0.5) is 16.2 Å². The molecule has 0 saturated heterocycles. The first kappa shape index (κ1) is 28.6. The van der Waals surface area contributed by atoms with Crippen molar-refractivity contribution in [1.29, 1.82) is 0 Å². The molecule has 39 heavy (non-hydrogen) atoms. The summed E-state index contributed by atoms with van der Waals surface area (Å²) in [7, 11) is 0. The molecule has 0 saturated carbocycles. The van der Waals surface area contributed by atoms with Crippen molar-refractivity contribution >= 4 is 33.7 Å². The maximum absolute atomic E-state index is 13.4. The first-order chi connectivity index (χ1) is 19.0. The fourth-order valence-electron chi connectivity index (χ4n) is 4.36. The molecule has 3 aromatic rings. The third-order valence-electron chi connectivity index (χ3n) is 6.42. The van der Waals surface area contributed by atoms with E-state index in [1.807, 2.05) is 0 Å². The van der Waals surface area contributed by atoms with Crippen LogP contribution < -0.4 is 15.4 Å². The Bertz CT molecular complexity index is 1220. The molecule has 1 unspecified atom stereocenters. The van der Waals surface area contributed by atoms with E-state index in [9.17, 15) is 14.3 Å². The molecule has 3 aromatic heterocycles. The number of unbranched alkanes of at least 4 members (excludes halogenated alkanes) is 1. The topological polar surface area (TPSA) is 125 Å². The number of nitrogens with zero attached hydrogens (tertiary/aromatic N) is 5. The average Bonchev–Trinajstić information content (AvgIpc) is 2.93. The van der Waals surface area contributed by atoms with Gasteiger partial charge in [-0.15, -0.1) is 0 Å². The Hall–Kier alpha value is -3.38. The van der Waals surface area contributed by atoms with Gasteiger partial charge in [-0.05, 0) is 72.6 Å². The van der Waals surface area contributed by atoms with Gasteiger partial charge in [0.05, 0.1) is 16.9 Å². The average molecular weight is 603 g/mol. The summed E-state index contributed by atoms with van der Waals surface area (Å²) in [6, 6.07) is 4.72. The summed E-state index contributed by atoms with van der Waals surface area (Å²) in [6.07, 6.45) is 11.0. The summed E-state index contributed by atoms with van der Waals surface area (Å²) in [6.45, 7) is 3.12. The zero-order valence-electron chi connectivity index (χ0n) is 21.7. The van der Waals surface area contributed by atoms with Gasteiger partial charge in [0.25, 0.3) is 0 Å². The third kappa shape index (κ3) is 9.39. The maximum atomic E-state index is 13.4. The molecule has 0 aliphatic carbocycles. The van der Waals surface area contributed by atoms with Crippen molar-refractivity contribution in [2.45, 2.75) is 44.6 Å². The number of carbonyl (C=O) groups is 1. The van der Waals surface area contributed by atoms with Crippen LogP contribution in [0.1, 0.15) is 36.9 Å². The van der Waals surface area contributed by atoms with Gasteiger partial charge in [0.2, 0.25) is 5.95 Å². The van der Waals surface area contributed by atoms with Gasteiger partial charge in [0, 0.05) is 43.8 Å². The Morgan fingerprint density at radius 3 is 2.82 bits per heavy atom. The molecule has 0 bridgehead atoms. The fraction of sp³-hybridized carbons (Fsp3) is 0.444. The molecule has 0 spiro atoms. The minimum Gasteiger partial charge on any atom is -0.491 e. The van der Waals surface area contributed by atoms with Crippen LogP contribution in [0.5, 0.6) is 5.75 Å². The Morgan fingerprint density at radius 2 is 2.03 bits per heavy atom. The van der Waals surface area contributed by atoms with Crippen molar-refractivity contribution in [1.82, 2.24) is 24.8 Å². The number of hydrogen-bond donors (Lipinski definition) is 3. The van der Waals surface area contributed by atoms with Crippen molar-refractivity contribution in [3.8, 4) is 5.75 Å². The highest BCUT2D eigenvalue weighted by molar-refractivity contribution is 9.10. The Kier molecular flexibility index (Phi) is 10.8. The van der Waals surface area contributed by atoms with Crippen LogP contribution in [-0.2, 0) is 17.6 Å². The van der Waals surface area contributed by atoms with Crippen molar-refractivity contribution in [3.63, 3.8) is 0 Å². The van der Waals surface area contributed by atoms with Crippen molar-refractivity contribution in [3.05, 3.63) is 64.5 Å². The molecule has 1 aliphatic rings. The minimum atomic E-state index is -0.976. The first-order valence-corrected chi connectivity index (χ1v) is 13.9. The van der Waals surface area contributed by atoms with E-state index in [4.69, 9.17) is 9.72 Å². The quantitative estimate of drug-likeness (QED) is 0.218. The zero-order valence-corrected chi connectivity index (χ0v) is 23.2. The molecule has 0 amide bonds. The number of aryl methyl sites for hydroxylation is 2. The molecule has 1 atom stereocenters. The fourth-order valence-corrected chi connectivity index (χ4v) is 4.57. The third-order valence-corrected chi connectivity index (χ3v) is 6.83. The molecule has 3 N–H and O–H groups in total. The van der Waals surface area contributed by atoms with Gasteiger partial charge in [0.1, 0.15) is 30.0 Å². The Labute approximate surface area is 235 Å². The largest absolute Gasteiger partial charge is 0.491 e. The van der Waals surface area contributed by atoms with E-state index in [1.54, 1.807) is 12.4 Å². The van der Waals surface area contributed by atoms with E-state index >= 15 is 0 Å². The lowest BCUT2D eigenvalue weighted by molar-refractivity contribution is -0.138. The van der Waals surface area contributed by atoms with E-state index in [1.165, 1.54) is 17.8 Å². The normalized spacial score (nSPS) is 13.4. The van der Waals surface area contributed by atoms with Gasteiger partial charge in [0.15, 0.2) is 0 Å². The standard InChI is InChI=1S/C27H33BrFN7O3/c28-20-15-32-27(33-16-20)35-24(26(37)38)8-11-36(12-13-39-23-14-21(29)17-30-18-23)10-2-1-5-22-7-6-19-4-3-9-31-25(19)34-22/h6-7,14-18,24H,1-5,8-13H2,(H,31,34)(H,37,38)(H,32,33,35). The first-order valence-electron chi connectivity index (χ1n) is 13.1. The van der Waals surface area contributed by atoms with Gasteiger partial charge in [-0.1, -0.05) is 6.07 Å². The molecule has 0 fully saturated rings. The Balaban J connectivity index is 1.30. The molecule has 10 nitrogen and oxygen atoms in total. The summed E-state index contributed by atoms with van der Waals surface area (Å²) in [5.41, 5.74) is 2.35. The van der Waals surface area contributed by atoms with Crippen molar-refractivity contribution in [2.24, 2.45) is 0 Å². The highest BCUT2D eigenvalue weighted by Crippen LogP contribution is 2.20. The lowest BCUT2D eigenvalue weighted by atomic mass is 10.1. The molecule has 4 rings (SSSR count). The number of ether oxygens (including phenoxy) is 1. The van der Waals surface area contributed by atoms with Crippen LogP contribution in [-0.4, -0.2) is 74.7 Å². The van der Waals surface area contributed by atoms with E-state index in [-0.39, 0.29) is 5.95 Å². The predicted octanol–water partition coefficient (Wildman–Crippen LogP) is 4.19. The van der Waals surface area contributed by atoms with Gasteiger partial charge in [-0.2, -0.15) is 0 Å². The number of halogens is 2. The molecular formula is C27H33BrFN7O3. The van der Waals surface area contributed by atoms with Crippen LogP contribution in [0.3, 0.4) is 0 Å². The van der Waals surface area contributed by atoms with Gasteiger partial charge in [-0.25, -0.2) is 24.1 Å². The number of carboxylic acid groups (broad SMARTS) is 1. The molecule has 1 aliphatic heterocycles. The number of pyridine rings is 2. The molecule has 0 radical (unpaired) electrons. The van der Waals surface area contributed by atoms with E-state index < -0.39 is 17.8 Å². The highest BCUT2D eigenvalue weighted by Gasteiger charge is 2.20. The molecular weight excluding hydrogens is 569 g/mol. The van der Waals surface area contributed by atoms with Crippen molar-refractivity contribution < 1.29 is 19.0 Å². The number of anilines is 2.